The molecule has 3 aromatic rings. The number of unbranched alkanes of at least 4 members (excludes halogenated alkanes) is 1. The molecule has 0 aliphatic rings. The van der Waals surface area contributed by atoms with Crippen LogP contribution >= 0.6 is 0 Å². The van der Waals surface area contributed by atoms with E-state index in [2.05, 4.69) is 59.5 Å². The second-order valence-corrected chi connectivity index (χ2v) is 7.39. The van der Waals surface area contributed by atoms with Crippen molar-refractivity contribution in [2.45, 2.75) is 32.6 Å². The number of amidine groups is 1. The number of pyridine rings is 1. The zero-order valence-corrected chi connectivity index (χ0v) is 18.5. The maximum absolute atomic E-state index is 13.4. The third-order valence-corrected chi connectivity index (χ3v) is 4.92. The maximum Gasteiger partial charge on any atom is 0.186 e. The number of aryl methyl sites for hydroxylation is 1. The van der Waals surface area contributed by atoms with Gasteiger partial charge in [0, 0.05) is 36.6 Å². The Balaban J connectivity index is 1.92. The van der Waals surface area contributed by atoms with E-state index in [9.17, 15) is 4.39 Å². The Morgan fingerprint density at radius 1 is 1.03 bits per heavy atom. The molecule has 2 aromatic carbocycles. The van der Waals surface area contributed by atoms with Crippen LogP contribution in [0.15, 0.2) is 90.7 Å². The first-order chi connectivity index (χ1) is 15.7. The van der Waals surface area contributed by atoms with Crippen LogP contribution in [0.25, 0.3) is 5.70 Å². The van der Waals surface area contributed by atoms with Crippen molar-refractivity contribution in [3.8, 4) is 11.8 Å². The first-order valence-corrected chi connectivity index (χ1v) is 10.9. The van der Waals surface area contributed by atoms with Gasteiger partial charge in [-0.2, -0.15) is 0 Å². The van der Waals surface area contributed by atoms with Crippen LogP contribution < -0.4 is 0 Å². The average Bonchev–Trinajstić information content (AvgIpc) is 2.84. The lowest BCUT2D eigenvalue weighted by Gasteiger charge is -2.26. The van der Waals surface area contributed by atoms with E-state index in [1.165, 1.54) is 17.7 Å². The molecule has 0 unspecified atom stereocenters. The second-order valence-electron chi connectivity index (χ2n) is 7.39. The van der Waals surface area contributed by atoms with Gasteiger partial charge in [-0.3, -0.25) is 4.98 Å². The van der Waals surface area contributed by atoms with E-state index in [4.69, 9.17) is 4.99 Å². The maximum atomic E-state index is 13.4. The second kappa shape index (κ2) is 12.2. The van der Waals surface area contributed by atoms with Crippen molar-refractivity contribution < 1.29 is 4.39 Å². The van der Waals surface area contributed by atoms with Crippen molar-refractivity contribution >= 4 is 17.2 Å². The molecule has 0 atom stereocenters. The Bertz CT molecular complexity index is 1080. The first-order valence-electron chi connectivity index (χ1n) is 10.9. The SMILES string of the molecule is C=C(c1ccncc1)N(CCCc1ccccc1)C(C#CCCC)=Nc1ccc(F)cc1. The van der Waals surface area contributed by atoms with Crippen molar-refractivity contribution in [2.24, 2.45) is 4.99 Å². The summed E-state index contributed by atoms with van der Waals surface area (Å²) in [6.45, 7) is 7.15. The minimum absolute atomic E-state index is 0.288. The quantitative estimate of drug-likeness (QED) is 0.229. The molecule has 0 N–H and O–H groups in total. The van der Waals surface area contributed by atoms with E-state index in [-0.39, 0.29) is 5.82 Å². The van der Waals surface area contributed by atoms with E-state index in [1.807, 2.05) is 18.2 Å². The molecule has 0 bridgehead atoms. The van der Waals surface area contributed by atoms with Crippen LogP contribution in [0.3, 0.4) is 0 Å². The Kier molecular flexibility index (Phi) is 8.77. The van der Waals surface area contributed by atoms with Crippen LogP contribution in [0.2, 0.25) is 0 Å². The minimum atomic E-state index is -0.288. The summed E-state index contributed by atoms with van der Waals surface area (Å²) in [6, 6.07) is 20.4. The Morgan fingerprint density at radius 2 is 1.75 bits per heavy atom. The highest BCUT2D eigenvalue weighted by Gasteiger charge is 2.15. The number of aromatic nitrogens is 1. The number of nitrogens with zero attached hydrogens (tertiary/aromatic N) is 3. The highest BCUT2D eigenvalue weighted by Crippen LogP contribution is 2.21. The normalized spacial score (nSPS) is 10.9. The Hall–Kier alpha value is -3.71. The largest absolute Gasteiger partial charge is 0.319 e. The van der Waals surface area contributed by atoms with Gasteiger partial charge in [-0.15, -0.1) is 0 Å². The molecule has 0 saturated carbocycles. The molecule has 3 rings (SSSR count). The number of hydrogen-bond acceptors (Lipinski definition) is 2. The number of rotatable bonds is 8. The van der Waals surface area contributed by atoms with Crippen LogP contribution in [-0.2, 0) is 6.42 Å². The van der Waals surface area contributed by atoms with Crippen LogP contribution in [-0.4, -0.2) is 22.3 Å². The smallest absolute Gasteiger partial charge is 0.186 e. The average molecular weight is 426 g/mol. The monoisotopic (exact) mass is 425 g/mol. The molecular weight excluding hydrogens is 397 g/mol. The summed E-state index contributed by atoms with van der Waals surface area (Å²) in [4.78, 5) is 10.9. The van der Waals surface area contributed by atoms with Gasteiger partial charge in [0.1, 0.15) is 5.82 Å². The van der Waals surface area contributed by atoms with Gasteiger partial charge >= 0.3 is 0 Å². The van der Waals surface area contributed by atoms with Crippen LogP contribution in [0.5, 0.6) is 0 Å². The fourth-order valence-corrected chi connectivity index (χ4v) is 3.22. The zero-order chi connectivity index (χ0) is 22.6. The van der Waals surface area contributed by atoms with Crippen LogP contribution in [0, 0.1) is 17.7 Å². The molecule has 0 saturated heterocycles. The molecule has 0 amide bonds. The molecule has 0 radical (unpaired) electrons. The molecule has 0 aliphatic heterocycles. The Labute approximate surface area is 190 Å². The van der Waals surface area contributed by atoms with E-state index in [0.717, 1.165) is 36.9 Å². The van der Waals surface area contributed by atoms with Gasteiger partial charge in [0.2, 0.25) is 0 Å². The third-order valence-electron chi connectivity index (χ3n) is 4.92. The highest BCUT2D eigenvalue weighted by atomic mass is 19.1. The van der Waals surface area contributed by atoms with Gasteiger partial charge in [-0.1, -0.05) is 49.8 Å². The van der Waals surface area contributed by atoms with E-state index < -0.39 is 0 Å². The van der Waals surface area contributed by atoms with Crippen molar-refractivity contribution in [1.82, 2.24) is 9.88 Å². The molecule has 4 heteroatoms. The van der Waals surface area contributed by atoms with Crippen molar-refractivity contribution in [2.75, 3.05) is 6.54 Å². The summed E-state index contributed by atoms with van der Waals surface area (Å²) in [7, 11) is 0. The Morgan fingerprint density at radius 3 is 2.44 bits per heavy atom. The van der Waals surface area contributed by atoms with Crippen LogP contribution in [0.1, 0.15) is 37.3 Å². The van der Waals surface area contributed by atoms with Gasteiger partial charge in [0.15, 0.2) is 5.84 Å². The molecule has 0 aliphatic carbocycles. The summed E-state index contributed by atoms with van der Waals surface area (Å²) >= 11 is 0. The fourth-order valence-electron chi connectivity index (χ4n) is 3.22. The van der Waals surface area contributed by atoms with Gasteiger partial charge in [-0.05, 0) is 67.1 Å². The summed E-state index contributed by atoms with van der Waals surface area (Å²) in [5.41, 5.74) is 3.72. The third kappa shape index (κ3) is 6.92. The van der Waals surface area contributed by atoms with Gasteiger partial charge < -0.3 is 4.90 Å². The molecule has 1 aromatic heterocycles. The standard InChI is InChI=1S/C28H28FN3/c1-3-4-6-13-28(31-27-16-14-26(29)15-17-27)32(23(2)25-18-20-30-21-19-25)22-9-12-24-10-7-5-8-11-24/h5,7-8,10-11,14-21H,2-4,9,12,22H2,1H3. The minimum Gasteiger partial charge on any atom is -0.319 e. The molecule has 1 heterocycles. The van der Waals surface area contributed by atoms with Crippen molar-refractivity contribution in [1.29, 1.82) is 0 Å². The lowest BCUT2D eigenvalue weighted by molar-refractivity contribution is 0.557. The van der Waals surface area contributed by atoms with Gasteiger partial charge in [0.05, 0.1) is 5.69 Å². The first kappa shape index (κ1) is 23.0. The van der Waals surface area contributed by atoms with Crippen molar-refractivity contribution in [3.63, 3.8) is 0 Å². The predicted molar refractivity (Wildman–Crippen MR) is 131 cm³/mol. The molecule has 0 spiro atoms. The fraction of sp³-hybridized carbons (Fsp3) is 0.214. The number of hydrogen-bond donors (Lipinski definition) is 0. The number of aliphatic imine (C=N–C) groups is 1. The zero-order valence-electron chi connectivity index (χ0n) is 18.5. The van der Waals surface area contributed by atoms with Crippen LogP contribution in [0.4, 0.5) is 10.1 Å². The lowest BCUT2D eigenvalue weighted by atomic mass is 10.1. The van der Waals surface area contributed by atoms with Crippen molar-refractivity contribution in [3.05, 3.63) is 103 Å². The molecule has 3 nitrogen and oxygen atoms in total. The number of benzene rings is 2. The van der Waals surface area contributed by atoms with Gasteiger partial charge in [0.25, 0.3) is 0 Å². The van der Waals surface area contributed by atoms with E-state index in [1.54, 1.807) is 24.5 Å². The van der Waals surface area contributed by atoms with E-state index >= 15 is 0 Å². The molecule has 162 valence electrons. The van der Waals surface area contributed by atoms with E-state index in [0.29, 0.717) is 18.1 Å². The lowest BCUT2D eigenvalue weighted by Crippen LogP contribution is -2.29. The topological polar surface area (TPSA) is 28.5 Å². The summed E-state index contributed by atoms with van der Waals surface area (Å²) in [6.07, 6.45) is 7.10. The summed E-state index contributed by atoms with van der Waals surface area (Å²) in [5, 5.41) is 0. The summed E-state index contributed by atoms with van der Waals surface area (Å²) < 4.78 is 13.4. The molecule has 32 heavy (non-hydrogen) atoms. The number of halogens is 1. The molecule has 0 fully saturated rings. The summed E-state index contributed by atoms with van der Waals surface area (Å²) in [5.74, 6) is 6.77. The molecular formula is C28H28FN3. The van der Waals surface area contributed by atoms with Gasteiger partial charge in [-0.25, -0.2) is 9.38 Å². The predicted octanol–water partition coefficient (Wildman–Crippen LogP) is 6.66. The highest BCUT2D eigenvalue weighted by molar-refractivity contribution is 6.04.